The fourth-order valence-electron chi connectivity index (χ4n) is 2.99. The topological polar surface area (TPSA) is 55.4 Å². The summed E-state index contributed by atoms with van der Waals surface area (Å²) in [4.78, 5) is 24.9. The van der Waals surface area contributed by atoms with Crippen LogP contribution in [0.25, 0.3) is 0 Å². The first-order chi connectivity index (χ1) is 10.2. The van der Waals surface area contributed by atoms with E-state index in [0.29, 0.717) is 23.1 Å². The summed E-state index contributed by atoms with van der Waals surface area (Å²) >= 11 is 1.53. The number of anilines is 1. The molecule has 1 aromatic rings. The van der Waals surface area contributed by atoms with Gasteiger partial charge in [-0.1, -0.05) is 20.8 Å². The summed E-state index contributed by atoms with van der Waals surface area (Å²) < 4.78 is 5.19. The number of rotatable bonds is 3. The van der Waals surface area contributed by atoms with Crippen molar-refractivity contribution in [3.63, 3.8) is 0 Å². The number of thiophene rings is 1. The van der Waals surface area contributed by atoms with Crippen LogP contribution in [0.2, 0.25) is 0 Å². The maximum Gasteiger partial charge on any atom is 0.341 e. The van der Waals surface area contributed by atoms with Gasteiger partial charge in [0.15, 0.2) is 0 Å². The van der Waals surface area contributed by atoms with Crippen LogP contribution in [0.3, 0.4) is 0 Å². The van der Waals surface area contributed by atoms with E-state index in [2.05, 4.69) is 26.1 Å². The average Bonchev–Trinajstić information content (AvgIpc) is 2.73. The highest BCUT2D eigenvalue weighted by molar-refractivity contribution is 7.17. The van der Waals surface area contributed by atoms with E-state index in [9.17, 15) is 9.59 Å². The Bertz CT molecular complexity index is 583. The molecule has 1 aliphatic carbocycles. The molecule has 0 aliphatic heterocycles. The molecule has 0 unspecified atom stereocenters. The first-order valence-electron chi connectivity index (χ1n) is 7.83. The van der Waals surface area contributed by atoms with Crippen LogP contribution in [0.4, 0.5) is 5.00 Å². The first-order valence-corrected chi connectivity index (χ1v) is 8.65. The summed E-state index contributed by atoms with van der Waals surface area (Å²) in [6.45, 7) is 10.4. The standard InChI is InChI=1S/C17H25NO3S/c1-6-21-16(20)14-12-8-7-11(17(3,4)5)9-13(12)22-15(14)18-10(2)19/h11H,6-9H2,1-5H3,(H,18,19)/t11-/m0/s1. The van der Waals surface area contributed by atoms with Crippen molar-refractivity contribution in [2.45, 2.75) is 53.9 Å². The third-order valence-corrected chi connectivity index (χ3v) is 5.43. The predicted molar refractivity (Wildman–Crippen MR) is 89.5 cm³/mol. The number of hydrogen-bond acceptors (Lipinski definition) is 4. The molecule has 0 radical (unpaired) electrons. The molecule has 4 nitrogen and oxygen atoms in total. The van der Waals surface area contributed by atoms with E-state index >= 15 is 0 Å². The SMILES string of the molecule is CCOC(=O)c1c(NC(C)=O)sc2c1CC[C@H](C(C)(C)C)C2. The van der Waals surface area contributed by atoms with E-state index in [4.69, 9.17) is 4.74 Å². The van der Waals surface area contributed by atoms with Crippen LogP contribution in [0.1, 0.15) is 61.8 Å². The van der Waals surface area contributed by atoms with Crippen molar-refractivity contribution < 1.29 is 14.3 Å². The number of nitrogens with one attached hydrogen (secondary N) is 1. The van der Waals surface area contributed by atoms with Crippen LogP contribution in [0.5, 0.6) is 0 Å². The van der Waals surface area contributed by atoms with Crippen molar-refractivity contribution in [2.24, 2.45) is 11.3 Å². The van der Waals surface area contributed by atoms with Gasteiger partial charge in [-0.15, -0.1) is 11.3 Å². The third-order valence-electron chi connectivity index (χ3n) is 4.26. The second kappa shape index (κ2) is 6.41. The molecule has 122 valence electrons. The van der Waals surface area contributed by atoms with Gasteiger partial charge in [0.05, 0.1) is 12.2 Å². The zero-order valence-electron chi connectivity index (χ0n) is 14.0. The molecular weight excluding hydrogens is 298 g/mol. The largest absolute Gasteiger partial charge is 0.462 e. The summed E-state index contributed by atoms with van der Waals surface area (Å²) in [6, 6.07) is 0. The van der Waals surface area contributed by atoms with Gasteiger partial charge in [0, 0.05) is 11.8 Å². The quantitative estimate of drug-likeness (QED) is 0.854. The van der Waals surface area contributed by atoms with Crippen LogP contribution in [-0.4, -0.2) is 18.5 Å². The molecule has 5 heteroatoms. The van der Waals surface area contributed by atoms with E-state index in [-0.39, 0.29) is 17.3 Å². The lowest BCUT2D eigenvalue weighted by atomic mass is 9.72. The minimum atomic E-state index is -0.321. The van der Waals surface area contributed by atoms with Gasteiger partial charge in [-0.25, -0.2) is 4.79 Å². The van der Waals surface area contributed by atoms with Crippen molar-refractivity contribution in [3.05, 3.63) is 16.0 Å². The van der Waals surface area contributed by atoms with Crippen molar-refractivity contribution in [1.82, 2.24) is 0 Å². The summed E-state index contributed by atoms with van der Waals surface area (Å²) in [5, 5.41) is 3.45. The minimum Gasteiger partial charge on any atom is -0.462 e. The molecule has 22 heavy (non-hydrogen) atoms. The van der Waals surface area contributed by atoms with Crippen molar-refractivity contribution >= 4 is 28.2 Å². The van der Waals surface area contributed by atoms with Crippen LogP contribution in [0.15, 0.2) is 0 Å². The summed E-state index contributed by atoms with van der Waals surface area (Å²) in [7, 11) is 0. The van der Waals surface area contributed by atoms with E-state index in [1.807, 2.05) is 0 Å². The highest BCUT2D eigenvalue weighted by atomic mass is 32.1. The van der Waals surface area contributed by atoms with Gasteiger partial charge in [-0.2, -0.15) is 0 Å². The van der Waals surface area contributed by atoms with Gasteiger partial charge in [-0.3, -0.25) is 4.79 Å². The average molecular weight is 323 g/mol. The van der Waals surface area contributed by atoms with Gasteiger partial charge in [0.1, 0.15) is 5.00 Å². The van der Waals surface area contributed by atoms with E-state index in [1.165, 1.54) is 23.1 Å². The van der Waals surface area contributed by atoms with E-state index < -0.39 is 0 Å². The second-order valence-corrected chi connectivity index (χ2v) is 8.02. The third kappa shape index (κ3) is 3.51. The lowest BCUT2D eigenvalue weighted by Gasteiger charge is -2.33. The lowest BCUT2D eigenvalue weighted by Crippen LogP contribution is -2.26. The van der Waals surface area contributed by atoms with E-state index in [1.54, 1.807) is 6.92 Å². The Morgan fingerprint density at radius 2 is 2.05 bits per heavy atom. The molecule has 1 atom stereocenters. The van der Waals surface area contributed by atoms with Crippen LogP contribution in [0, 0.1) is 11.3 Å². The molecular formula is C17H25NO3S. The molecule has 1 heterocycles. The van der Waals surface area contributed by atoms with Crippen molar-refractivity contribution in [1.29, 1.82) is 0 Å². The Hall–Kier alpha value is -1.36. The van der Waals surface area contributed by atoms with Crippen LogP contribution < -0.4 is 5.32 Å². The molecule has 0 bridgehead atoms. The highest BCUT2D eigenvalue weighted by Crippen LogP contribution is 2.44. The lowest BCUT2D eigenvalue weighted by molar-refractivity contribution is -0.114. The molecule has 1 N–H and O–H groups in total. The van der Waals surface area contributed by atoms with Gasteiger partial charge in [0.25, 0.3) is 0 Å². The van der Waals surface area contributed by atoms with Crippen molar-refractivity contribution in [2.75, 3.05) is 11.9 Å². The molecule has 0 saturated carbocycles. The number of fused-ring (bicyclic) bond motifs is 1. The Morgan fingerprint density at radius 1 is 1.36 bits per heavy atom. The van der Waals surface area contributed by atoms with Gasteiger partial charge in [0.2, 0.25) is 5.91 Å². The fourth-order valence-corrected chi connectivity index (χ4v) is 4.35. The van der Waals surface area contributed by atoms with Crippen LogP contribution >= 0.6 is 11.3 Å². The van der Waals surface area contributed by atoms with E-state index in [0.717, 1.165) is 24.8 Å². The Morgan fingerprint density at radius 3 is 2.59 bits per heavy atom. The number of carbonyl (C=O) groups excluding carboxylic acids is 2. The Labute approximate surface area is 136 Å². The number of ether oxygens (including phenoxy) is 1. The number of carbonyl (C=O) groups is 2. The zero-order chi connectivity index (χ0) is 16.5. The molecule has 1 aromatic heterocycles. The summed E-state index contributed by atoms with van der Waals surface area (Å²) in [5.74, 6) is 0.119. The van der Waals surface area contributed by atoms with Gasteiger partial charge < -0.3 is 10.1 Å². The monoisotopic (exact) mass is 323 g/mol. The summed E-state index contributed by atoms with van der Waals surface area (Å²) in [5.41, 5.74) is 1.90. The number of amides is 1. The molecule has 0 fully saturated rings. The maximum atomic E-state index is 12.3. The molecule has 0 aromatic carbocycles. The fraction of sp³-hybridized carbons (Fsp3) is 0.647. The number of esters is 1. The number of hydrogen-bond donors (Lipinski definition) is 1. The van der Waals surface area contributed by atoms with Crippen LogP contribution in [-0.2, 0) is 22.4 Å². The normalized spacial score (nSPS) is 17.8. The summed E-state index contributed by atoms with van der Waals surface area (Å²) in [6.07, 6.45) is 2.91. The molecule has 1 aliphatic rings. The Kier molecular flexibility index (Phi) is 4.95. The first kappa shape index (κ1) is 17.0. The zero-order valence-corrected chi connectivity index (χ0v) is 14.9. The maximum absolute atomic E-state index is 12.3. The van der Waals surface area contributed by atoms with Gasteiger partial charge >= 0.3 is 5.97 Å². The minimum absolute atomic E-state index is 0.156. The Balaban J connectivity index is 2.39. The molecule has 1 amide bonds. The molecule has 2 rings (SSSR count). The smallest absolute Gasteiger partial charge is 0.341 e. The second-order valence-electron chi connectivity index (χ2n) is 6.92. The predicted octanol–water partition coefficient (Wildman–Crippen LogP) is 4.03. The van der Waals surface area contributed by atoms with Gasteiger partial charge in [-0.05, 0) is 43.1 Å². The van der Waals surface area contributed by atoms with Crippen molar-refractivity contribution in [3.8, 4) is 0 Å². The molecule has 0 spiro atoms. The highest BCUT2D eigenvalue weighted by Gasteiger charge is 2.34. The molecule has 0 saturated heterocycles.